The third-order valence-electron chi connectivity index (χ3n) is 3.59. The molecule has 0 bridgehead atoms. The van der Waals surface area contributed by atoms with Gasteiger partial charge in [0.05, 0.1) is 17.9 Å². The molecule has 4 nitrogen and oxygen atoms in total. The molecule has 2 heterocycles. The topological polar surface area (TPSA) is 39.8 Å². The second-order valence-corrected chi connectivity index (χ2v) is 4.93. The van der Waals surface area contributed by atoms with Gasteiger partial charge in [-0.1, -0.05) is 12.1 Å². The molecule has 102 valence electrons. The van der Waals surface area contributed by atoms with E-state index in [0.717, 1.165) is 41.5 Å². The van der Waals surface area contributed by atoms with Crippen LogP contribution < -0.4 is 0 Å². The molecule has 0 fully saturated rings. The molecule has 0 aliphatic rings. The Morgan fingerprint density at radius 2 is 2.15 bits per heavy atom. The maximum Gasteiger partial charge on any atom is 0.150 e. The van der Waals surface area contributed by atoms with Crippen LogP contribution in [0.2, 0.25) is 0 Å². The van der Waals surface area contributed by atoms with Crippen molar-refractivity contribution >= 4 is 17.2 Å². The standard InChI is InChI=1S/C16H17N3O/c1-3-19-14(9-12(2)17-19)10-18-8-7-15-13(11-20)5-4-6-16(15)18/h4-9,11H,3,10H2,1-2H3. The summed E-state index contributed by atoms with van der Waals surface area (Å²) < 4.78 is 4.18. The lowest BCUT2D eigenvalue weighted by molar-refractivity contribution is 0.112. The number of aromatic nitrogens is 3. The lowest BCUT2D eigenvalue weighted by atomic mass is 10.1. The second-order valence-electron chi connectivity index (χ2n) is 4.93. The van der Waals surface area contributed by atoms with Crippen LogP contribution in [-0.2, 0) is 13.1 Å². The number of aldehydes is 1. The third kappa shape index (κ3) is 2.03. The Labute approximate surface area is 117 Å². The summed E-state index contributed by atoms with van der Waals surface area (Å²) >= 11 is 0. The molecule has 2 aromatic heterocycles. The molecule has 20 heavy (non-hydrogen) atoms. The van der Waals surface area contributed by atoms with Crippen molar-refractivity contribution < 1.29 is 4.79 Å². The van der Waals surface area contributed by atoms with E-state index in [-0.39, 0.29) is 0 Å². The van der Waals surface area contributed by atoms with Gasteiger partial charge in [-0.2, -0.15) is 5.10 Å². The van der Waals surface area contributed by atoms with Gasteiger partial charge in [-0.05, 0) is 32.0 Å². The van der Waals surface area contributed by atoms with Crippen molar-refractivity contribution in [3.8, 4) is 0 Å². The second kappa shape index (κ2) is 4.96. The van der Waals surface area contributed by atoms with E-state index in [1.54, 1.807) is 0 Å². The minimum atomic E-state index is 0.737. The average molecular weight is 267 g/mol. The van der Waals surface area contributed by atoms with Gasteiger partial charge in [-0.15, -0.1) is 0 Å². The van der Waals surface area contributed by atoms with E-state index in [9.17, 15) is 4.79 Å². The lowest BCUT2D eigenvalue weighted by Crippen LogP contribution is -2.07. The zero-order chi connectivity index (χ0) is 14.1. The van der Waals surface area contributed by atoms with Gasteiger partial charge in [0.1, 0.15) is 0 Å². The van der Waals surface area contributed by atoms with E-state index in [0.29, 0.717) is 0 Å². The first-order chi connectivity index (χ1) is 9.72. The van der Waals surface area contributed by atoms with Crippen molar-refractivity contribution in [2.45, 2.75) is 26.9 Å². The molecular formula is C16H17N3O. The first-order valence-electron chi connectivity index (χ1n) is 6.79. The minimum Gasteiger partial charge on any atom is -0.341 e. The molecule has 0 unspecified atom stereocenters. The number of aryl methyl sites for hydroxylation is 2. The van der Waals surface area contributed by atoms with E-state index in [2.05, 4.69) is 22.7 Å². The smallest absolute Gasteiger partial charge is 0.150 e. The number of hydrogen-bond acceptors (Lipinski definition) is 2. The highest BCUT2D eigenvalue weighted by Gasteiger charge is 2.08. The van der Waals surface area contributed by atoms with Crippen molar-refractivity contribution in [2.75, 3.05) is 0 Å². The van der Waals surface area contributed by atoms with Gasteiger partial charge in [0.15, 0.2) is 6.29 Å². The van der Waals surface area contributed by atoms with Gasteiger partial charge in [0.2, 0.25) is 0 Å². The number of carbonyl (C=O) groups excluding carboxylic acids is 1. The summed E-state index contributed by atoms with van der Waals surface area (Å²) in [6.07, 6.45) is 2.94. The van der Waals surface area contributed by atoms with Crippen LogP contribution in [0.15, 0.2) is 36.5 Å². The Bertz CT molecular complexity index is 767. The molecule has 3 rings (SSSR count). The summed E-state index contributed by atoms with van der Waals surface area (Å²) in [5.41, 5.74) is 4.03. The first kappa shape index (κ1) is 12.7. The molecule has 0 radical (unpaired) electrons. The van der Waals surface area contributed by atoms with Gasteiger partial charge in [0.25, 0.3) is 0 Å². The summed E-state index contributed by atoms with van der Waals surface area (Å²) in [5, 5.41) is 5.47. The SMILES string of the molecule is CCn1nc(C)cc1Cn1ccc2c(C=O)cccc21. The number of rotatable bonds is 4. The van der Waals surface area contributed by atoms with E-state index in [1.807, 2.05) is 42.1 Å². The predicted molar refractivity (Wildman–Crippen MR) is 79.1 cm³/mol. The van der Waals surface area contributed by atoms with Crippen molar-refractivity contribution in [1.29, 1.82) is 0 Å². The maximum absolute atomic E-state index is 11.1. The fraction of sp³-hybridized carbons (Fsp3) is 0.250. The van der Waals surface area contributed by atoms with Crippen LogP contribution in [-0.4, -0.2) is 20.6 Å². The molecule has 3 aromatic rings. The molecule has 1 aromatic carbocycles. The number of benzene rings is 1. The Hall–Kier alpha value is -2.36. The van der Waals surface area contributed by atoms with Crippen molar-refractivity contribution in [1.82, 2.24) is 14.3 Å². The van der Waals surface area contributed by atoms with Gasteiger partial charge >= 0.3 is 0 Å². The van der Waals surface area contributed by atoms with E-state index >= 15 is 0 Å². The molecule has 0 atom stereocenters. The van der Waals surface area contributed by atoms with Crippen LogP contribution in [0.4, 0.5) is 0 Å². The zero-order valence-electron chi connectivity index (χ0n) is 11.7. The molecule has 0 spiro atoms. The normalized spacial score (nSPS) is 11.1. The Morgan fingerprint density at radius 3 is 2.90 bits per heavy atom. The highest BCUT2D eigenvalue weighted by molar-refractivity contribution is 5.97. The molecular weight excluding hydrogens is 250 g/mol. The quantitative estimate of drug-likeness (QED) is 0.682. The van der Waals surface area contributed by atoms with E-state index in [4.69, 9.17) is 0 Å². The van der Waals surface area contributed by atoms with Crippen LogP contribution in [0.5, 0.6) is 0 Å². The van der Waals surface area contributed by atoms with Crippen molar-refractivity contribution in [2.24, 2.45) is 0 Å². The first-order valence-corrected chi connectivity index (χ1v) is 6.79. The largest absolute Gasteiger partial charge is 0.341 e. The van der Waals surface area contributed by atoms with Crippen LogP contribution in [0.25, 0.3) is 10.9 Å². The average Bonchev–Trinajstić information content (AvgIpc) is 3.03. The van der Waals surface area contributed by atoms with Crippen LogP contribution in [0, 0.1) is 6.92 Å². The van der Waals surface area contributed by atoms with Crippen molar-refractivity contribution in [3.63, 3.8) is 0 Å². The van der Waals surface area contributed by atoms with Crippen LogP contribution in [0.3, 0.4) is 0 Å². The molecule has 0 aliphatic heterocycles. The Kier molecular flexibility index (Phi) is 3.14. The highest BCUT2D eigenvalue weighted by atomic mass is 16.1. The molecule has 0 N–H and O–H groups in total. The summed E-state index contributed by atoms with van der Waals surface area (Å²) in [7, 11) is 0. The summed E-state index contributed by atoms with van der Waals surface area (Å²) in [4.78, 5) is 11.1. The number of fused-ring (bicyclic) bond motifs is 1. The predicted octanol–water partition coefficient (Wildman–Crippen LogP) is 3.03. The minimum absolute atomic E-state index is 0.737. The molecule has 4 heteroatoms. The van der Waals surface area contributed by atoms with Gasteiger partial charge < -0.3 is 4.57 Å². The summed E-state index contributed by atoms with van der Waals surface area (Å²) in [5.74, 6) is 0. The van der Waals surface area contributed by atoms with E-state index < -0.39 is 0 Å². The van der Waals surface area contributed by atoms with Crippen LogP contribution >= 0.6 is 0 Å². The fourth-order valence-electron chi connectivity index (χ4n) is 2.66. The van der Waals surface area contributed by atoms with Gasteiger partial charge in [0, 0.05) is 29.2 Å². The monoisotopic (exact) mass is 267 g/mol. The zero-order valence-corrected chi connectivity index (χ0v) is 11.7. The lowest BCUT2D eigenvalue weighted by Gasteiger charge is -2.07. The number of hydrogen-bond donors (Lipinski definition) is 0. The highest BCUT2D eigenvalue weighted by Crippen LogP contribution is 2.20. The summed E-state index contributed by atoms with van der Waals surface area (Å²) in [6.45, 7) is 5.73. The third-order valence-corrected chi connectivity index (χ3v) is 3.59. The Morgan fingerprint density at radius 1 is 1.30 bits per heavy atom. The number of carbonyl (C=O) groups is 1. The Balaban J connectivity index is 2.05. The van der Waals surface area contributed by atoms with Crippen molar-refractivity contribution in [3.05, 3.63) is 53.5 Å². The number of nitrogens with zero attached hydrogens (tertiary/aromatic N) is 3. The molecule has 0 aliphatic carbocycles. The molecule has 0 amide bonds. The van der Waals surface area contributed by atoms with Gasteiger partial charge in [-0.3, -0.25) is 9.48 Å². The molecule has 0 saturated heterocycles. The van der Waals surface area contributed by atoms with E-state index in [1.165, 1.54) is 5.69 Å². The van der Waals surface area contributed by atoms with Gasteiger partial charge in [-0.25, -0.2) is 0 Å². The fourth-order valence-corrected chi connectivity index (χ4v) is 2.66. The molecule has 0 saturated carbocycles. The summed E-state index contributed by atoms with van der Waals surface area (Å²) in [6, 6.07) is 9.92. The van der Waals surface area contributed by atoms with Crippen LogP contribution in [0.1, 0.15) is 28.7 Å². The maximum atomic E-state index is 11.1.